The molecule has 0 saturated heterocycles. The fourth-order valence-corrected chi connectivity index (χ4v) is 2.36. The van der Waals surface area contributed by atoms with Gasteiger partial charge < -0.3 is 15.4 Å². The molecule has 1 aliphatic heterocycles. The summed E-state index contributed by atoms with van der Waals surface area (Å²) >= 11 is 0. The lowest BCUT2D eigenvalue weighted by Gasteiger charge is -2.30. The van der Waals surface area contributed by atoms with Crippen LogP contribution in [0.15, 0.2) is 12.1 Å². The molecule has 19 heavy (non-hydrogen) atoms. The number of carbonyl (C=O) groups excluding carboxylic acids is 1. The van der Waals surface area contributed by atoms with Crippen LogP contribution in [0.2, 0.25) is 0 Å². The first-order valence-electron chi connectivity index (χ1n) is 6.74. The summed E-state index contributed by atoms with van der Waals surface area (Å²) in [5.41, 5.74) is 8.75. The van der Waals surface area contributed by atoms with E-state index in [0.717, 1.165) is 24.1 Å². The Bertz CT molecular complexity index is 483. The van der Waals surface area contributed by atoms with Crippen LogP contribution in [0.5, 0.6) is 5.75 Å². The van der Waals surface area contributed by atoms with Gasteiger partial charge in [0.2, 0.25) is 5.91 Å². The highest BCUT2D eigenvalue weighted by atomic mass is 16.5. The molecule has 1 heterocycles. The number of fused-ring (bicyclic) bond motifs is 1. The van der Waals surface area contributed by atoms with Gasteiger partial charge in [0.05, 0.1) is 19.2 Å². The zero-order chi connectivity index (χ0) is 14.0. The third kappa shape index (κ3) is 3.00. The van der Waals surface area contributed by atoms with Gasteiger partial charge in [0.25, 0.3) is 0 Å². The van der Waals surface area contributed by atoms with E-state index in [2.05, 4.69) is 13.8 Å². The first-order chi connectivity index (χ1) is 9.01. The summed E-state index contributed by atoms with van der Waals surface area (Å²) in [7, 11) is 1.59. The minimum absolute atomic E-state index is 0.194. The standard InChI is InChI=1S/C15H22N2O2/c1-10(2)4-5-17-9-12-6-13(16)14(19-3)7-11(12)8-15(17)18/h6-7,10H,4-5,8-9,16H2,1-3H3. The van der Waals surface area contributed by atoms with Crippen molar-refractivity contribution in [1.29, 1.82) is 0 Å². The smallest absolute Gasteiger partial charge is 0.227 e. The SMILES string of the molecule is COc1cc2c(cc1N)CN(CCC(C)C)C(=O)C2. The first-order valence-corrected chi connectivity index (χ1v) is 6.74. The van der Waals surface area contributed by atoms with E-state index in [1.54, 1.807) is 7.11 Å². The number of rotatable bonds is 4. The maximum absolute atomic E-state index is 12.1. The average molecular weight is 262 g/mol. The summed E-state index contributed by atoms with van der Waals surface area (Å²) in [4.78, 5) is 14.0. The van der Waals surface area contributed by atoms with Gasteiger partial charge in [-0.1, -0.05) is 13.8 Å². The summed E-state index contributed by atoms with van der Waals surface area (Å²) in [6.45, 7) is 5.83. The Balaban J connectivity index is 2.18. The van der Waals surface area contributed by atoms with Crippen LogP contribution < -0.4 is 10.5 Å². The third-order valence-corrected chi connectivity index (χ3v) is 3.58. The molecule has 0 fully saturated rings. The molecule has 0 unspecified atom stereocenters. The maximum Gasteiger partial charge on any atom is 0.227 e. The van der Waals surface area contributed by atoms with Crippen molar-refractivity contribution in [2.45, 2.75) is 33.2 Å². The van der Waals surface area contributed by atoms with Crippen LogP contribution in [-0.2, 0) is 17.8 Å². The minimum Gasteiger partial charge on any atom is -0.495 e. The molecule has 4 heteroatoms. The normalized spacial score (nSPS) is 14.7. The number of ether oxygens (including phenoxy) is 1. The fourth-order valence-electron chi connectivity index (χ4n) is 2.36. The summed E-state index contributed by atoms with van der Waals surface area (Å²) < 4.78 is 5.20. The Labute approximate surface area is 114 Å². The van der Waals surface area contributed by atoms with Crippen molar-refractivity contribution >= 4 is 11.6 Å². The van der Waals surface area contributed by atoms with E-state index in [9.17, 15) is 4.79 Å². The van der Waals surface area contributed by atoms with Gasteiger partial charge in [0.1, 0.15) is 5.75 Å². The molecule has 0 atom stereocenters. The van der Waals surface area contributed by atoms with Gasteiger partial charge in [-0.15, -0.1) is 0 Å². The van der Waals surface area contributed by atoms with Crippen molar-refractivity contribution in [3.63, 3.8) is 0 Å². The maximum atomic E-state index is 12.1. The van der Waals surface area contributed by atoms with Gasteiger partial charge in [0.15, 0.2) is 0 Å². The lowest BCUT2D eigenvalue weighted by Crippen LogP contribution is -2.37. The minimum atomic E-state index is 0.194. The number of nitrogen functional groups attached to an aromatic ring is 1. The first kappa shape index (κ1) is 13.7. The van der Waals surface area contributed by atoms with Crippen LogP contribution in [0, 0.1) is 5.92 Å². The molecular formula is C15H22N2O2. The van der Waals surface area contributed by atoms with Gasteiger partial charge >= 0.3 is 0 Å². The molecule has 1 amide bonds. The van der Waals surface area contributed by atoms with Crippen LogP contribution in [0.25, 0.3) is 0 Å². The third-order valence-electron chi connectivity index (χ3n) is 3.58. The fraction of sp³-hybridized carbons (Fsp3) is 0.533. The predicted molar refractivity (Wildman–Crippen MR) is 76.0 cm³/mol. The number of hydrogen-bond donors (Lipinski definition) is 1. The second-order valence-electron chi connectivity index (χ2n) is 5.54. The van der Waals surface area contributed by atoms with Crippen LogP contribution >= 0.6 is 0 Å². The Morgan fingerprint density at radius 3 is 2.74 bits per heavy atom. The van der Waals surface area contributed by atoms with Crippen LogP contribution in [0.3, 0.4) is 0 Å². The number of amides is 1. The number of anilines is 1. The van der Waals surface area contributed by atoms with Crippen LogP contribution in [-0.4, -0.2) is 24.5 Å². The van der Waals surface area contributed by atoms with E-state index in [-0.39, 0.29) is 5.91 Å². The van der Waals surface area contributed by atoms with Crippen LogP contribution in [0.1, 0.15) is 31.4 Å². The highest BCUT2D eigenvalue weighted by molar-refractivity contribution is 5.81. The average Bonchev–Trinajstić information content (AvgIpc) is 2.36. The van der Waals surface area contributed by atoms with Crippen molar-refractivity contribution < 1.29 is 9.53 Å². The number of nitrogens with zero attached hydrogens (tertiary/aromatic N) is 1. The Hall–Kier alpha value is -1.71. The quantitative estimate of drug-likeness (QED) is 0.846. The van der Waals surface area contributed by atoms with E-state index in [4.69, 9.17) is 10.5 Å². The Morgan fingerprint density at radius 2 is 2.11 bits per heavy atom. The molecule has 0 aromatic heterocycles. The van der Waals surface area contributed by atoms with Gasteiger partial charge in [-0.3, -0.25) is 4.79 Å². The van der Waals surface area contributed by atoms with Gasteiger partial charge in [0, 0.05) is 13.1 Å². The van der Waals surface area contributed by atoms with E-state index >= 15 is 0 Å². The number of carbonyl (C=O) groups is 1. The number of nitrogens with two attached hydrogens (primary N) is 1. The van der Waals surface area contributed by atoms with Crippen molar-refractivity contribution in [3.8, 4) is 5.75 Å². The molecule has 0 aliphatic carbocycles. The lowest BCUT2D eigenvalue weighted by molar-refractivity contribution is -0.132. The molecule has 1 aliphatic rings. The zero-order valence-electron chi connectivity index (χ0n) is 11.9. The lowest BCUT2D eigenvalue weighted by atomic mass is 9.97. The number of hydrogen-bond acceptors (Lipinski definition) is 3. The van der Waals surface area contributed by atoms with Gasteiger partial charge in [-0.2, -0.15) is 0 Å². The summed E-state index contributed by atoms with van der Waals surface area (Å²) in [6, 6.07) is 3.82. The molecule has 104 valence electrons. The molecule has 2 N–H and O–H groups in total. The predicted octanol–water partition coefficient (Wildman–Crippen LogP) is 2.21. The molecular weight excluding hydrogens is 240 g/mol. The summed E-state index contributed by atoms with van der Waals surface area (Å²) in [5.74, 6) is 1.46. The molecule has 1 aromatic carbocycles. The van der Waals surface area contributed by atoms with E-state index in [1.165, 1.54) is 0 Å². The largest absolute Gasteiger partial charge is 0.495 e. The Morgan fingerprint density at radius 1 is 1.37 bits per heavy atom. The zero-order valence-corrected chi connectivity index (χ0v) is 11.9. The van der Waals surface area contributed by atoms with E-state index < -0.39 is 0 Å². The summed E-state index contributed by atoms with van der Waals surface area (Å²) in [5, 5.41) is 0. The summed E-state index contributed by atoms with van der Waals surface area (Å²) in [6.07, 6.45) is 1.48. The molecule has 1 aromatic rings. The topological polar surface area (TPSA) is 55.6 Å². The highest BCUT2D eigenvalue weighted by Gasteiger charge is 2.24. The Kier molecular flexibility index (Phi) is 3.98. The molecule has 0 saturated carbocycles. The van der Waals surface area contributed by atoms with Crippen molar-refractivity contribution in [1.82, 2.24) is 4.90 Å². The van der Waals surface area contributed by atoms with Crippen molar-refractivity contribution in [3.05, 3.63) is 23.3 Å². The molecule has 4 nitrogen and oxygen atoms in total. The van der Waals surface area contributed by atoms with Gasteiger partial charge in [-0.05, 0) is 35.6 Å². The molecule has 0 bridgehead atoms. The van der Waals surface area contributed by atoms with Gasteiger partial charge in [-0.25, -0.2) is 0 Å². The highest BCUT2D eigenvalue weighted by Crippen LogP contribution is 2.30. The molecule has 0 spiro atoms. The monoisotopic (exact) mass is 262 g/mol. The van der Waals surface area contributed by atoms with Crippen LogP contribution in [0.4, 0.5) is 5.69 Å². The number of methoxy groups -OCH3 is 1. The second-order valence-corrected chi connectivity index (χ2v) is 5.54. The van der Waals surface area contributed by atoms with Crippen molar-refractivity contribution in [2.75, 3.05) is 19.4 Å². The van der Waals surface area contributed by atoms with E-state index in [0.29, 0.717) is 30.3 Å². The second kappa shape index (κ2) is 5.51. The number of benzene rings is 1. The molecule has 2 rings (SSSR count). The molecule has 0 radical (unpaired) electrons. The van der Waals surface area contributed by atoms with Crippen molar-refractivity contribution in [2.24, 2.45) is 5.92 Å². The van der Waals surface area contributed by atoms with E-state index in [1.807, 2.05) is 17.0 Å².